The lowest BCUT2D eigenvalue weighted by Gasteiger charge is -2.33. The van der Waals surface area contributed by atoms with Crippen LogP contribution in [0.15, 0.2) is 52.4 Å². The Morgan fingerprint density at radius 2 is 2.17 bits per heavy atom. The molecule has 0 atom stereocenters. The lowest BCUT2D eigenvalue weighted by Crippen LogP contribution is -2.48. The van der Waals surface area contributed by atoms with Crippen molar-refractivity contribution in [3.8, 4) is 11.4 Å². The molecule has 1 aliphatic rings. The first-order valence-corrected chi connectivity index (χ1v) is 11.5. The molecule has 30 heavy (non-hydrogen) atoms. The number of piperidine rings is 1. The van der Waals surface area contributed by atoms with Crippen LogP contribution >= 0.6 is 11.3 Å². The molecule has 1 saturated heterocycles. The van der Waals surface area contributed by atoms with Gasteiger partial charge >= 0.3 is 0 Å². The van der Waals surface area contributed by atoms with Crippen LogP contribution in [0.4, 0.5) is 0 Å². The lowest BCUT2D eigenvalue weighted by molar-refractivity contribution is 0.198. The summed E-state index contributed by atoms with van der Waals surface area (Å²) in [5, 5.41) is 18.3. The van der Waals surface area contributed by atoms with Crippen LogP contribution in [0.2, 0.25) is 0 Å². The van der Waals surface area contributed by atoms with E-state index in [1.165, 1.54) is 11.9 Å². The van der Waals surface area contributed by atoms with Crippen LogP contribution in [0.3, 0.4) is 0 Å². The predicted octanol–water partition coefficient (Wildman–Crippen LogP) is 3.25. The minimum absolute atomic E-state index is 0.460. The Morgan fingerprint density at radius 3 is 2.90 bits per heavy atom. The highest BCUT2D eigenvalue weighted by molar-refractivity contribution is 7.07. The maximum absolute atomic E-state index is 4.82. The van der Waals surface area contributed by atoms with Gasteiger partial charge in [-0.1, -0.05) is 18.2 Å². The van der Waals surface area contributed by atoms with Gasteiger partial charge < -0.3 is 10.6 Å². The molecular weight excluding hydrogens is 394 g/mol. The summed E-state index contributed by atoms with van der Waals surface area (Å²) in [5.74, 6) is 1.67. The van der Waals surface area contributed by atoms with Gasteiger partial charge in [0.15, 0.2) is 11.8 Å². The van der Waals surface area contributed by atoms with Crippen molar-refractivity contribution >= 4 is 17.3 Å². The molecule has 8 heteroatoms. The molecule has 0 unspecified atom stereocenters. The minimum atomic E-state index is 0.460. The Labute approximate surface area is 181 Å². The van der Waals surface area contributed by atoms with E-state index < -0.39 is 0 Å². The van der Waals surface area contributed by atoms with Crippen molar-refractivity contribution < 1.29 is 0 Å². The number of aromatic amines is 1. The summed E-state index contributed by atoms with van der Waals surface area (Å²) in [6.07, 6.45) is 3.80. The van der Waals surface area contributed by atoms with E-state index in [1.807, 2.05) is 12.1 Å². The van der Waals surface area contributed by atoms with E-state index in [4.69, 9.17) is 4.99 Å². The van der Waals surface area contributed by atoms with Crippen LogP contribution in [0.25, 0.3) is 11.4 Å². The summed E-state index contributed by atoms with van der Waals surface area (Å²) in [6, 6.07) is 10.9. The summed E-state index contributed by atoms with van der Waals surface area (Å²) in [7, 11) is 0. The van der Waals surface area contributed by atoms with Gasteiger partial charge in [-0.2, -0.15) is 16.4 Å². The molecule has 0 bridgehead atoms. The second kappa shape index (κ2) is 10.4. The predicted molar refractivity (Wildman–Crippen MR) is 122 cm³/mol. The number of likely N-dealkylation sites (tertiary alicyclic amines) is 1. The molecule has 3 N–H and O–H groups in total. The van der Waals surface area contributed by atoms with E-state index in [9.17, 15) is 0 Å². The van der Waals surface area contributed by atoms with E-state index in [-0.39, 0.29) is 0 Å². The number of hydrogen-bond acceptors (Lipinski definition) is 5. The molecule has 1 aliphatic heterocycles. The fraction of sp³-hybridized carbons (Fsp3) is 0.409. The molecule has 1 fully saturated rings. The van der Waals surface area contributed by atoms with Crippen molar-refractivity contribution in [2.24, 2.45) is 4.99 Å². The zero-order chi connectivity index (χ0) is 20.6. The summed E-state index contributed by atoms with van der Waals surface area (Å²) in [4.78, 5) is 11.6. The summed E-state index contributed by atoms with van der Waals surface area (Å²) >= 11 is 1.77. The quantitative estimate of drug-likeness (QED) is 0.401. The van der Waals surface area contributed by atoms with Crippen LogP contribution in [0.5, 0.6) is 0 Å². The molecule has 1 aromatic carbocycles. The van der Waals surface area contributed by atoms with Crippen LogP contribution in [-0.4, -0.2) is 51.7 Å². The molecule has 0 aliphatic carbocycles. The van der Waals surface area contributed by atoms with E-state index in [1.54, 1.807) is 11.3 Å². The number of aromatic nitrogens is 3. The molecule has 7 nitrogen and oxygen atoms in total. The van der Waals surface area contributed by atoms with Crippen LogP contribution in [0.1, 0.15) is 30.9 Å². The molecule has 2 aromatic heterocycles. The molecule has 4 rings (SSSR count). The third-order valence-electron chi connectivity index (χ3n) is 5.29. The second-order valence-corrected chi connectivity index (χ2v) is 8.34. The number of thiophene rings is 1. The number of benzene rings is 1. The fourth-order valence-corrected chi connectivity index (χ4v) is 4.38. The minimum Gasteiger partial charge on any atom is -0.357 e. The largest absolute Gasteiger partial charge is 0.357 e. The van der Waals surface area contributed by atoms with Crippen molar-refractivity contribution in [3.63, 3.8) is 0 Å². The van der Waals surface area contributed by atoms with Crippen LogP contribution < -0.4 is 10.6 Å². The first-order chi connectivity index (χ1) is 14.8. The first kappa shape index (κ1) is 20.6. The fourth-order valence-electron chi connectivity index (χ4n) is 3.72. The van der Waals surface area contributed by atoms with E-state index in [0.717, 1.165) is 61.9 Å². The second-order valence-electron chi connectivity index (χ2n) is 7.56. The van der Waals surface area contributed by atoms with Gasteiger partial charge in [0, 0.05) is 37.8 Å². The number of nitrogens with one attached hydrogen (secondary N) is 3. The standard InChI is InChI=1S/C22H29N7S/c1-2-23-22(24-13-17-4-3-5-19(12-17)21-25-16-26-28-21)27-20-6-9-29(10-7-20)14-18-8-11-30-15-18/h3-5,8,11-12,15-16,20H,2,6-7,9-10,13-14H2,1H3,(H2,23,24,27)(H,25,26,28). The average Bonchev–Trinajstić information content (AvgIpc) is 3.48. The zero-order valence-electron chi connectivity index (χ0n) is 17.3. The third kappa shape index (κ3) is 5.67. The Bertz CT molecular complexity index is 913. The van der Waals surface area contributed by atoms with E-state index >= 15 is 0 Å². The highest BCUT2D eigenvalue weighted by Gasteiger charge is 2.20. The Balaban J connectivity index is 1.31. The van der Waals surface area contributed by atoms with Crippen LogP contribution in [-0.2, 0) is 13.1 Å². The zero-order valence-corrected chi connectivity index (χ0v) is 18.2. The summed E-state index contributed by atoms with van der Waals surface area (Å²) in [5.41, 5.74) is 3.59. The molecule has 0 radical (unpaired) electrons. The number of hydrogen-bond donors (Lipinski definition) is 3. The van der Waals surface area contributed by atoms with Gasteiger partial charge in [0.05, 0.1) is 6.54 Å². The van der Waals surface area contributed by atoms with Crippen molar-refractivity contribution in [2.75, 3.05) is 19.6 Å². The lowest BCUT2D eigenvalue weighted by atomic mass is 10.0. The summed E-state index contributed by atoms with van der Waals surface area (Å²) in [6.45, 7) is 6.87. The molecule has 3 aromatic rings. The Hall–Kier alpha value is -2.71. The van der Waals surface area contributed by atoms with Gasteiger partial charge in [0.1, 0.15) is 6.33 Å². The number of nitrogens with zero attached hydrogens (tertiary/aromatic N) is 4. The normalized spacial score (nSPS) is 16.0. The van der Waals surface area contributed by atoms with Crippen molar-refractivity contribution in [1.29, 1.82) is 0 Å². The molecule has 3 heterocycles. The SMILES string of the molecule is CCNC(=NCc1cccc(-c2ncn[nH]2)c1)NC1CCN(Cc2ccsc2)CC1. The van der Waals surface area contributed by atoms with Gasteiger partial charge in [0.2, 0.25) is 0 Å². The van der Waals surface area contributed by atoms with Gasteiger partial charge in [-0.25, -0.2) is 9.98 Å². The molecular formula is C22H29N7S. The molecule has 158 valence electrons. The summed E-state index contributed by atoms with van der Waals surface area (Å²) < 4.78 is 0. The molecule has 0 amide bonds. The van der Waals surface area contributed by atoms with Gasteiger partial charge in [-0.3, -0.25) is 10.00 Å². The monoisotopic (exact) mass is 423 g/mol. The highest BCUT2D eigenvalue weighted by atomic mass is 32.1. The van der Waals surface area contributed by atoms with Crippen LogP contribution in [0, 0.1) is 0 Å². The topological polar surface area (TPSA) is 81.2 Å². The number of guanidine groups is 1. The molecule has 0 spiro atoms. The van der Waals surface area contributed by atoms with E-state index in [2.05, 4.69) is 66.6 Å². The Morgan fingerprint density at radius 1 is 1.27 bits per heavy atom. The highest BCUT2D eigenvalue weighted by Crippen LogP contribution is 2.17. The smallest absolute Gasteiger partial charge is 0.191 e. The van der Waals surface area contributed by atoms with Crippen molar-refractivity contribution in [2.45, 2.75) is 38.9 Å². The molecule has 0 saturated carbocycles. The van der Waals surface area contributed by atoms with Gasteiger partial charge in [0.25, 0.3) is 0 Å². The van der Waals surface area contributed by atoms with Crippen molar-refractivity contribution in [3.05, 3.63) is 58.5 Å². The van der Waals surface area contributed by atoms with Gasteiger partial charge in [-0.15, -0.1) is 0 Å². The maximum Gasteiger partial charge on any atom is 0.191 e. The number of rotatable bonds is 7. The Kier molecular flexibility index (Phi) is 7.10. The third-order valence-corrected chi connectivity index (χ3v) is 6.03. The maximum atomic E-state index is 4.82. The first-order valence-electron chi connectivity index (χ1n) is 10.5. The average molecular weight is 424 g/mol. The van der Waals surface area contributed by atoms with E-state index in [0.29, 0.717) is 12.6 Å². The number of aliphatic imine (C=N–C) groups is 1. The van der Waals surface area contributed by atoms with Crippen molar-refractivity contribution in [1.82, 2.24) is 30.7 Å². The number of H-pyrrole nitrogens is 1. The van der Waals surface area contributed by atoms with Gasteiger partial charge in [-0.05, 0) is 53.8 Å².